The molecule has 0 spiro atoms. The molecular weight excluding hydrogens is 419 g/mol. The number of anilines is 2. The summed E-state index contributed by atoms with van der Waals surface area (Å²) in [7, 11) is 0. The number of benzene rings is 2. The van der Waals surface area contributed by atoms with Gasteiger partial charge in [-0.2, -0.15) is 0 Å². The first kappa shape index (κ1) is 20.1. The van der Waals surface area contributed by atoms with E-state index in [9.17, 15) is 9.59 Å². The fourth-order valence-corrected chi connectivity index (χ4v) is 3.11. The van der Waals surface area contributed by atoms with Crippen molar-refractivity contribution in [2.75, 3.05) is 16.4 Å². The van der Waals surface area contributed by atoms with E-state index in [1.807, 2.05) is 6.07 Å². The summed E-state index contributed by atoms with van der Waals surface area (Å²) in [4.78, 5) is 24.2. The summed E-state index contributed by atoms with van der Waals surface area (Å²) in [5, 5.41) is 14.8. The molecule has 2 aromatic carbocycles. The SMILES string of the molecule is O=C(CSc1ccc(NC(=O)c2ccccc2)nn1)Nc1cc(Cl)ccc1Cl. The van der Waals surface area contributed by atoms with Gasteiger partial charge in [0.2, 0.25) is 5.91 Å². The Morgan fingerprint density at radius 1 is 0.929 bits per heavy atom. The number of aromatic nitrogens is 2. The average Bonchev–Trinajstić information content (AvgIpc) is 2.71. The van der Waals surface area contributed by atoms with Gasteiger partial charge in [0.25, 0.3) is 5.91 Å². The predicted molar refractivity (Wildman–Crippen MR) is 112 cm³/mol. The van der Waals surface area contributed by atoms with Gasteiger partial charge in [0.1, 0.15) is 5.03 Å². The number of carbonyl (C=O) groups excluding carboxylic acids is 2. The zero-order valence-corrected chi connectivity index (χ0v) is 16.7. The molecule has 0 fully saturated rings. The molecule has 0 aliphatic rings. The van der Waals surface area contributed by atoms with E-state index in [1.165, 1.54) is 11.8 Å². The maximum absolute atomic E-state index is 12.1. The van der Waals surface area contributed by atoms with Crippen LogP contribution in [-0.2, 0) is 4.79 Å². The molecule has 3 rings (SSSR count). The van der Waals surface area contributed by atoms with Crippen LogP contribution in [-0.4, -0.2) is 27.8 Å². The zero-order chi connectivity index (χ0) is 19.9. The van der Waals surface area contributed by atoms with Crippen LogP contribution in [0, 0.1) is 0 Å². The maximum Gasteiger partial charge on any atom is 0.256 e. The quantitative estimate of drug-likeness (QED) is 0.548. The molecule has 1 heterocycles. The van der Waals surface area contributed by atoms with Crippen LogP contribution in [0.25, 0.3) is 0 Å². The number of nitrogens with one attached hydrogen (secondary N) is 2. The van der Waals surface area contributed by atoms with Gasteiger partial charge in [-0.3, -0.25) is 9.59 Å². The Balaban J connectivity index is 1.52. The van der Waals surface area contributed by atoms with E-state index in [2.05, 4.69) is 20.8 Å². The highest BCUT2D eigenvalue weighted by Crippen LogP contribution is 2.26. The number of halogens is 2. The lowest BCUT2D eigenvalue weighted by atomic mass is 10.2. The Hall–Kier alpha value is -2.61. The summed E-state index contributed by atoms with van der Waals surface area (Å²) in [6, 6.07) is 16.9. The first-order valence-electron chi connectivity index (χ1n) is 8.09. The summed E-state index contributed by atoms with van der Waals surface area (Å²) in [6.07, 6.45) is 0. The van der Waals surface area contributed by atoms with Gasteiger partial charge in [0.15, 0.2) is 5.82 Å². The van der Waals surface area contributed by atoms with E-state index < -0.39 is 0 Å². The van der Waals surface area contributed by atoms with Crippen LogP contribution in [0.5, 0.6) is 0 Å². The van der Waals surface area contributed by atoms with Gasteiger partial charge in [-0.15, -0.1) is 10.2 Å². The lowest BCUT2D eigenvalue weighted by molar-refractivity contribution is -0.113. The van der Waals surface area contributed by atoms with E-state index in [0.717, 1.165) is 0 Å². The number of amides is 2. The van der Waals surface area contributed by atoms with Crippen molar-refractivity contribution >= 4 is 58.3 Å². The summed E-state index contributed by atoms with van der Waals surface area (Å²) >= 11 is 13.1. The molecule has 142 valence electrons. The van der Waals surface area contributed by atoms with Crippen molar-refractivity contribution < 1.29 is 9.59 Å². The largest absolute Gasteiger partial charge is 0.324 e. The van der Waals surface area contributed by atoms with Gasteiger partial charge in [0, 0.05) is 10.6 Å². The van der Waals surface area contributed by atoms with Crippen molar-refractivity contribution in [3.8, 4) is 0 Å². The molecule has 2 amide bonds. The Labute approximate surface area is 175 Å². The molecule has 0 unspecified atom stereocenters. The van der Waals surface area contributed by atoms with Crippen molar-refractivity contribution in [3.05, 3.63) is 76.3 Å². The van der Waals surface area contributed by atoms with Crippen molar-refractivity contribution in [1.82, 2.24) is 10.2 Å². The van der Waals surface area contributed by atoms with E-state index in [4.69, 9.17) is 23.2 Å². The van der Waals surface area contributed by atoms with Crippen LogP contribution in [0.4, 0.5) is 11.5 Å². The standard InChI is InChI=1S/C19H14Cl2N4O2S/c20-13-6-7-14(21)15(10-13)22-17(26)11-28-18-9-8-16(24-25-18)23-19(27)12-4-2-1-3-5-12/h1-10H,11H2,(H,22,26)(H,23,24,27). The van der Waals surface area contributed by atoms with Gasteiger partial charge in [-0.1, -0.05) is 53.2 Å². The smallest absolute Gasteiger partial charge is 0.256 e. The molecule has 2 N–H and O–H groups in total. The molecule has 1 aromatic heterocycles. The number of thioether (sulfide) groups is 1. The van der Waals surface area contributed by atoms with Crippen molar-refractivity contribution in [2.24, 2.45) is 0 Å². The third-order valence-electron chi connectivity index (χ3n) is 3.47. The minimum absolute atomic E-state index is 0.118. The highest BCUT2D eigenvalue weighted by atomic mass is 35.5. The number of hydrogen-bond donors (Lipinski definition) is 2. The van der Waals surface area contributed by atoms with E-state index in [0.29, 0.717) is 32.1 Å². The molecule has 0 saturated carbocycles. The second-order valence-corrected chi connectivity index (χ2v) is 7.38. The Kier molecular flexibility index (Phi) is 6.86. The molecule has 0 aliphatic heterocycles. The number of rotatable bonds is 6. The van der Waals surface area contributed by atoms with Crippen LogP contribution in [0.1, 0.15) is 10.4 Å². The summed E-state index contributed by atoms with van der Waals surface area (Å²) < 4.78 is 0. The minimum atomic E-state index is -0.270. The number of hydrogen-bond acceptors (Lipinski definition) is 5. The Bertz CT molecular complexity index is 985. The third-order valence-corrected chi connectivity index (χ3v) is 4.96. The fraction of sp³-hybridized carbons (Fsp3) is 0.0526. The number of nitrogens with zero attached hydrogens (tertiary/aromatic N) is 2. The predicted octanol–water partition coefficient (Wildman–Crippen LogP) is 4.77. The van der Waals surface area contributed by atoms with E-state index >= 15 is 0 Å². The second-order valence-electron chi connectivity index (χ2n) is 5.54. The van der Waals surface area contributed by atoms with Gasteiger partial charge in [-0.25, -0.2) is 0 Å². The molecular formula is C19H14Cl2N4O2S. The van der Waals surface area contributed by atoms with E-state index in [1.54, 1.807) is 54.6 Å². The molecule has 3 aromatic rings. The summed E-state index contributed by atoms with van der Waals surface area (Å²) in [6.45, 7) is 0. The third kappa shape index (κ3) is 5.69. The topological polar surface area (TPSA) is 84.0 Å². The van der Waals surface area contributed by atoms with Gasteiger partial charge in [-0.05, 0) is 42.5 Å². The van der Waals surface area contributed by atoms with E-state index in [-0.39, 0.29) is 17.6 Å². The normalized spacial score (nSPS) is 10.4. The Morgan fingerprint density at radius 3 is 2.43 bits per heavy atom. The molecule has 0 radical (unpaired) electrons. The maximum atomic E-state index is 12.1. The van der Waals surface area contributed by atoms with Crippen LogP contribution in [0.2, 0.25) is 10.0 Å². The van der Waals surface area contributed by atoms with Gasteiger partial charge >= 0.3 is 0 Å². The molecule has 0 aliphatic carbocycles. The monoisotopic (exact) mass is 432 g/mol. The first-order valence-corrected chi connectivity index (χ1v) is 9.83. The molecule has 0 atom stereocenters. The average molecular weight is 433 g/mol. The molecule has 28 heavy (non-hydrogen) atoms. The summed E-state index contributed by atoms with van der Waals surface area (Å²) in [5.41, 5.74) is 0.976. The van der Waals surface area contributed by atoms with Gasteiger partial charge in [0.05, 0.1) is 16.5 Å². The van der Waals surface area contributed by atoms with Crippen LogP contribution >= 0.6 is 35.0 Å². The zero-order valence-electron chi connectivity index (χ0n) is 14.4. The fourth-order valence-electron chi connectivity index (χ4n) is 2.16. The van der Waals surface area contributed by atoms with Crippen molar-refractivity contribution in [3.63, 3.8) is 0 Å². The van der Waals surface area contributed by atoms with Crippen molar-refractivity contribution in [2.45, 2.75) is 5.03 Å². The highest BCUT2D eigenvalue weighted by molar-refractivity contribution is 7.99. The molecule has 0 saturated heterocycles. The lowest BCUT2D eigenvalue weighted by Gasteiger charge is -2.07. The highest BCUT2D eigenvalue weighted by Gasteiger charge is 2.10. The minimum Gasteiger partial charge on any atom is -0.324 e. The molecule has 0 bridgehead atoms. The second kappa shape index (κ2) is 9.54. The van der Waals surface area contributed by atoms with Crippen LogP contribution in [0.15, 0.2) is 65.7 Å². The summed E-state index contributed by atoms with van der Waals surface area (Å²) in [5.74, 6) is -0.0772. The first-order chi connectivity index (χ1) is 13.5. The van der Waals surface area contributed by atoms with Crippen LogP contribution in [0.3, 0.4) is 0 Å². The lowest BCUT2D eigenvalue weighted by Crippen LogP contribution is -2.15. The molecule has 9 heteroatoms. The van der Waals surface area contributed by atoms with Crippen LogP contribution < -0.4 is 10.6 Å². The van der Waals surface area contributed by atoms with Crippen molar-refractivity contribution in [1.29, 1.82) is 0 Å². The number of carbonyl (C=O) groups is 2. The van der Waals surface area contributed by atoms with Gasteiger partial charge < -0.3 is 10.6 Å². The molecule has 6 nitrogen and oxygen atoms in total. The Morgan fingerprint density at radius 2 is 1.71 bits per heavy atom.